The van der Waals surface area contributed by atoms with Crippen LogP contribution in [0.5, 0.6) is 0 Å². The summed E-state index contributed by atoms with van der Waals surface area (Å²) in [5, 5.41) is 16.6. The Balaban J connectivity index is 1.21. The highest BCUT2D eigenvalue weighted by atomic mass is 32.1. The molecule has 55 heavy (non-hydrogen) atoms. The van der Waals surface area contributed by atoms with Gasteiger partial charge < -0.3 is 4.42 Å². The first-order valence-corrected chi connectivity index (χ1v) is 19.4. The van der Waals surface area contributed by atoms with Crippen LogP contribution in [0.3, 0.4) is 0 Å². The SMILES string of the molecule is c1ccc2cc3c(cc2c1)c1c2c4ccccc4c4ccccc4c2ccc1n3-c1nc(-c2ccc3sc4ccccc4c3c2)c2c(n1)oc1ccccc12. The van der Waals surface area contributed by atoms with Gasteiger partial charge in [-0.15, -0.1) is 11.3 Å². The smallest absolute Gasteiger partial charge is 0.238 e. The maximum atomic E-state index is 6.60. The van der Waals surface area contributed by atoms with Crippen molar-refractivity contribution in [1.29, 1.82) is 0 Å². The number of para-hydroxylation sites is 1. The van der Waals surface area contributed by atoms with Gasteiger partial charge in [-0.05, 0) is 80.2 Å². The third-order valence-corrected chi connectivity index (χ3v) is 12.7. The van der Waals surface area contributed by atoms with Gasteiger partial charge in [0.1, 0.15) is 5.58 Å². The fourth-order valence-corrected chi connectivity index (χ4v) is 10.3. The zero-order chi connectivity index (χ0) is 35.8. The van der Waals surface area contributed by atoms with E-state index in [9.17, 15) is 0 Å². The second-order valence-corrected chi connectivity index (χ2v) is 15.6. The summed E-state index contributed by atoms with van der Waals surface area (Å²) >= 11 is 1.82. The highest BCUT2D eigenvalue weighted by molar-refractivity contribution is 7.25. The Morgan fingerprint density at radius 2 is 1.05 bits per heavy atom. The summed E-state index contributed by atoms with van der Waals surface area (Å²) in [4.78, 5) is 10.9. The Labute approximate surface area is 317 Å². The van der Waals surface area contributed by atoms with Crippen molar-refractivity contribution in [2.24, 2.45) is 0 Å². The molecule has 4 heterocycles. The summed E-state index contributed by atoms with van der Waals surface area (Å²) in [6.07, 6.45) is 0. The van der Waals surface area contributed by atoms with Crippen LogP contribution in [0.4, 0.5) is 0 Å². The molecule has 9 aromatic carbocycles. The largest absolute Gasteiger partial charge is 0.437 e. The highest BCUT2D eigenvalue weighted by Crippen LogP contribution is 2.45. The van der Waals surface area contributed by atoms with Gasteiger partial charge in [-0.25, -0.2) is 4.98 Å². The highest BCUT2D eigenvalue weighted by Gasteiger charge is 2.24. The Kier molecular flexibility index (Phi) is 5.74. The molecule has 13 aromatic rings. The monoisotopic (exact) mass is 717 g/mol. The van der Waals surface area contributed by atoms with Gasteiger partial charge in [-0.1, -0.05) is 121 Å². The van der Waals surface area contributed by atoms with Crippen molar-refractivity contribution in [2.45, 2.75) is 0 Å². The number of nitrogens with zero attached hydrogens (tertiary/aromatic N) is 3. The Morgan fingerprint density at radius 3 is 1.87 bits per heavy atom. The fraction of sp³-hybridized carbons (Fsp3) is 0. The molecule has 0 unspecified atom stereocenters. The first-order chi connectivity index (χ1) is 27.3. The zero-order valence-electron chi connectivity index (χ0n) is 29.2. The average molecular weight is 718 g/mol. The number of hydrogen-bond acceptors (Lipinski definition) is 4. The summed E-state index contributed by atoms with van der Waals surface area (Å²) in [6, 6.07) is 59.0. The summed E-state index contributed by atoms with van der Waals surface area (Å²) in [7, 11) is 0. The van der Waals surface area contributed by atoms with E-state index in [1.165, 1.54) is 74.0 Å². The number of fused-ring (bicyclic) bond motifs is 17. The second kappa shape index (κ2) is 10.8. The molecule has 5 heteroatoms. The normalized spacial score (nSPS) is 12.4. The van der Waals surface area contributed by atoms with Gasteiger partial charge >= 0.3 is 0 Å². The standard InChI is InChI=1S/C50H27N3OS/c1-2-12-29-27-41-39(25-28(29)11-1)46-40(23-22-36-33-15-4-3-13-31(33)32-14-5-6-17-35(32)45(36)46)53(41)50-51-48(47-37-18-7-9-19-42(37)54-49(47)52-50)30-21-24-44-38(26-30)34-16-8-10-20-43(34)55-44/h1-27H. The Bertz CT molecular complexity index is 3760. The van der Waals surface area contributed by atoms with Crippen molar-refractivity contribution in [3.63, 3.8) is 0 Å². The van der Waals surface area contributed by atoms with Crippen LogP contribution in [-0.2, 0) is 0 Å². The van der Waals surface area contributed by atoms with E-state index in [4.69, 9.17) is 14.4 Å². The van der Waals surface area contributed by atoms with Crippen molar-refractivity contribution in [1.82, 2.24) is 14.5 Å². The quantitative estimate of drug-likeness (QED) is 0.167. The molecule has 0 saturated carbocycles. The molecule has 0 atom stereocenters. The second-order valence-electron chi connectivity index (χ2n) is 14.5. The molecule has 0 radical (unpaired) electrons. The lowest BCUT2D eigenvalue weighted by Gasteiger charge is -2.12. The molecular formula is C50H27N3OS. The first-order valence-electron chi connectivity index (χ1n) is 18.6. The third-order valence-electron chi connectivity index (χ3n) is 11.6. The van der Waals surface area contributed by atoms with Crippen molar-refractivity contribution in [3.05, 3.63) is 164 Å². The maximum Gasteiger partial charge on any atom is 0.238 e. The molecular weight excluding hydrogens is 691 g/mol. The topological polar surface area (TPSA) is 43.9 Å². The van der Waals surface area contributed by atoms with Gasteiger partial charge in [0.15, 0.2) is 0 Å². The lowest BCUT2D eigenvalue weighted by atomic mass is 9.91. The number of thiophene rings is 1. The van der Waals surface area contributed by atoms with E-state index in [1.807, 2.05) is 23.5 Å². The lowest BCUT2D eigenvalue weighted by Crippen LogP contribution is -2.03. The number of benzene rings is 9. The molecule has 4 nitrogen and oxygen atoms in total. The van der Waals surface area contributed by atoms with E-state index in [-0.39, 0.29) is 0 Å². The van der Waals surface area contributed by atoms with Gasteiger partial charge in [0.05, 0.1) is 22.1 Å². The predicted molar refractivity (Wildman–Crippen MR) is 232 cm³/mol. The summed E-state index contributed by atoms with van der Waals surface area (Å²) in [5.41, 5.74) is 5.37. The van der Waals surface area contributed by atoms with Gasteiger partial charge in [0.25, 0.3) is 0 Å². The minimum Gasteiger partial charge on any atom is -0.437 e. The van der Waals surface area contributed by atoms with Crippen LogP contribution in [0.15, 0.2) is 168 Å². The molecule has 0 fully saturated rings. The molecule has 0 N–H and O–H groups in total. The maximum absolute atomic E-state index is 6.60. The van der Waals surface area contributed by atoms with Crippen molar-refractivity contribution >= 4 is 118 Å². The fourth-order valence-electron chi connectivity index (χ4n) is 9.20. The number of aromatic nitrogens is 3. The van der Waals surface area contributed by atoms with E-state index in [1.54, 1.807) is 0 Å². The molecule has 0 aliphatic rings. The first kappa shape index (κ1) is 29.4. The van der Waals surface area contributed by atoms with E-state index in [2.05, 4.69) is 156 Å². The predicted octanol–water partition coefficient (Wildman–Crippen LogP) is 14.1. The van der Waals surface area contributed by atoms with Gasteiger partial charge in [-0.3, -0.25) is 4.57 Å². The number of furan rings is 1. The number of rotatable bonds is 2. The van der Waals surface area contributed by atoms with Crippen LogP contribution in [0.2, 0.25) is 0 Å². The van der Waals surface area contributed by atoms with Crippen LogP contribution in [0.25, 0.3) is 124 Å². The van der Waals surface area contributed by atoms with E-state index in [0.29, 0.717) is 11.7 Å². The van der Waals surface area contributed by atoms with Crippen LogP contribution < -0.4 is 0 Å². The lowest BCUT2D eigenvalue weighted by molar-refractivity contribution is 0.651. The minimum atomic E-state index is 0.574. The molecule has 0 spiro atoms. The van der Waals surface area contributed by atoms with Gasteiger partial charge in [-0.2, -0.15) is 4.98 Å². The van der Waals surface area contributed by atoms with Gasteiger partial charge in [0.2, 0.25) is 11.7 Å². The van der Waals surface area contributed by atoms with E-state index in [0.717, 1.165) is 38.6 Å². The Morgan fingerprint density at radius 1 is 0.418 bits per heavy atom. The summed E-state index contributed by atoms with van der Waals surface area (Å²) in [5.74, 6) is 0.580. The molecule has 254 valence electrons. The molecule has 13 rings (SSSR count). The van der Waals surface area contributed by atoms with Crippen LogP contribution in [0, 0.1) is 0 Å². The van der Waals surface area contributed by atoms with Crippen molar-refractivity contribution in [3.8, 4) is 17.2 Å². The molecule has 4 aromatic heterocycles. The average Bonchev–Trinajstić information content (AvgIpc) is 3.91. The van der Waals surface area contributed by atoms with Crippen LogP contribution in [-0.4, -0.2) is 14.5 Å². The van der Waals surface area contributed by atoms with Crippen LogP contribution in [0.1, 0.15) is 0 Å². The van der Waals surface area contributed by atoms with E-state index >= 15 is 0 Å². The summed E-state index contributed by atoms with van der Waals surface area (Å²) in [6.45, 7) is 0. The molecule has 0 aliphatic heterocycles. The number of hydrogen-bond donors (Lipinski definition) is 0. The minimum absolute atomic E-state index is 0.574. The third kappa shape index (κ3) is 4.00. The molecule has 0 bridgehead atoms. The Hall–Kier alpha value is -7.08. The molecule has 0 saturated heterocycles. The molecule has 0 aliphatic carbocycles. The van der Waals surface area contributed by atoms with Crippen LogP contribution >= 0.6 is 11.3 Å². The van der Waals surface area contributed by atoms with Crippen molar-refractivity contribution in [2.75, 3.05) is 0 Å². The zero-order valence-corrected chi connectivity index (χ0v) is 30.1. The van der Waals surface area contributed by atoms with Crippen molar-refractivity contribution < 1.29 is 4.42 Å². The molecule has 0 amide bonds. The summed E-state index contributed by atoms with van der Waals surface area (Å²) < 4.78 is 11.4. The van der Waals surface area contributed by atoms with E-state index < -0.39 is 0 Å². The van der Waals surface area contributed by atoms with Gasteiger partial charge in [0, 0.05) is 47.3 Å².